The molecule has 0 saturated carbocycles. The number of hydrogen-bond acceptors (Lipinski definition) is 4. The second-order valence-electron chi connectivity index (χ2n) is 4.11. The number of anilines is 2. The van der Waals surface area contributed by atoms with E-state index >= 15 is 0 Å². The summed E-state index contributed by atoms with van der Waals surface area (Å²) >= 11 is 3.01. The lowest BCUT2D eigenvalue weighted by Crippen LogP contribution is -2.16. The third-order valence-electron chi connectivity index (χ3n) is 2.58. The van der Waals surface area contributed by atoms with E-state index in [-0.39, 0.29) is 20.9 Å². The fourth-order valence-corrected chi connectivity index (χ4v) is 3.24. The first-order valence-corrected chi connectivity index (χ1v) is 8.38. The first-order chi connectivity index (χ1) is 9.94. The quantitative estimate of drug-likeness (QED) is 0.843. The van der Waals surface area contributed by atoms with Crippen molar-refractivity contribution in [1.82, 2.24) is 4.98 Å². The van der Waals surface area contributed by atoms with Crippen molar-refractivity contribution in [3.05, 3.63) is 46.8 Å². The van der Waals surface area contributed by atoms with Crippen molar-refractivity contribution >= 4 is 37.5 Å². The van der Waals surface area contributed by atoms with Gasteiger partial charge >= 0.3 is 0 Å². The smallest absolute Gasteiger partial charge is 0.265 e. The maximum atomic E-state index is 13.2. The maximum Gasteiger partial charge on any atom is 0.265 e. The highest BCUT2D eigenvalue weighted by atomic mass is 79.9. The molecule has 1 aromatic carbocycles. The molecule has 0 unspecified atom stereocenters. The largest absolute Gasteiger partial charge is 0.369 e. The molecular weight excluding hydrogens is 361 g/mol. The topological polar surface area (TPSA) is 71.1 Å². The summed E-state index contributed by atoms with van der Waals surface area (Å²) in [5.74, 6) is -0.193. The zero-order valence-corrected chi connectivity index (χ0v) is 13.5. The van der Waals surface area contributed by atoms with Crippen LogP contribution in [0.4, 0.5) is 15.9 Å². The summed E-state index contributed by atoms with van der Waals surface area (Å²) in [7, 11) is -3.81. The van der Waals surface area contributed by atoms with Crippen LogP contribution in [0.2, 0.25) is 0 Å². The van der Waals surface area contributed by atoms with E-state index in [2.05, 4.69) is 31.0 Å². The van der Waals surface area contributed by atoms with Crippen LogP contribution in [0.15, 0.2) is 45.9 Å². The Bertz CT molecular complexity index is 753. The standard InChI is InChI=1S/C13H13BrFN3O2S/c1-2-16-13-12(4-3-7-17-13)21(19,20)18-9-5-6-11(15)10(14)8-9/h3-8,18H,2H2,1H3,(H,16,17). The second-order valence-corrected chi connectivity index (χ2v) is 6.62. The molecule has 0 aliphatic rings. The molecule has 0 spiro atoms. The van der Waals surface area contributed by atoms with Crippen LogP contribution in [0, 0.1) is 5.82 Å². The third kappa shape index (κ3) is 3.70. The van der Waals surface area contributed by atoms with E-state index < -0.39 is 15.8 Å². The van der Waals surface area contributed by atoms with E-state index in [0.29, 0.717) is 6.54 Å². The number of hydrogen-bond donors (Lipinski definition) is 2. The molecule has 1 aromatic heterocycles. The minimum Gasteiger partial charge on any atom is -0.369 e. The summed E-state index contributed by atoms with van der Waals surface area (Å²) in [5, 5.41) is 2.89. The average Bonchev–Trinajstić information content (AvgIpc) is 2.43. The number of nitrogens with one attached hydrogen (secondary N) is 2. The van der Waals surface area contributed by atoms with Gasteiger partial charge in [0.15, 0.2) is 0 Å². The first kappa shape index (κ1) is 15.7. The number of aromatic nitrogens is 1. The lowest BCUT2D eigenvalue weighted by Gasteiger charge is -2.12. The molecule has 2 N–H and O–H groups in total. The van der Waals surface area contributed by atoms with Crippen LogP contribution in [-0.4, -0.2) is 19.9 Å². The molecule has 0 atom stereocenters. The molecule has 0 aliphatic carbocycles. The van der Waals surface area contributed by atoms with Gasteiger partial charge in [-0.05, 0) is 53.2 Å². The van der Waals surface area contributed by atoms with Crippen molar-refractivity contribution in [2.75, 3.05) is 16.6 Å². The average molecular weight is 374 g/mol. The lowest BCUT2D eigenvalue weighted by molar-refractivity contribution is 0.600. The summed E-state index contributed by atoms with van der Waals surface area (Å²) in [6, 6.07) is 6.87. The molecule has 112 valence electrons. The highest BCUT2D eigenvalue weighted by molar-refractivity contribution is 9.10. The van der Waals surface area contributed by atoms with Crippen LogP contribution in [0.25, 0.3) is 0 Å². The van der Waals surface area contributed by atoms with E-state index in [0.717, 1.165) is 0 Å². The van der Waals surface area contributed by atoms with Gasteiger partial charge in [-0.25, -0.2) is 17.8 Å². The normalized spacial score (nSPS) is 11.2. The molecule has 0 radical (unpaired) electrons. The molecule has 0 bridgehead atoms. The highest BCUT2D eigenvalue weighted by Crippen LogP contribution is 2.24. The number of sulfonamides is 1. The van der Waals surface area contributed by atoms with Gasteiger partial charge < -0.3 is 5.32 Å². The Morgan fingerprint density at radius 3 is 2.76 bits per heavy atom. The molecule has 2 aromatic rings. The van der Waals surface area contributed by atoms with Crippen LogP contribution >= 0.6 is 15.9 Å². The molecule has 1 heterocycles. The third-order valence-corrected chi connectivity index (χ3v) is 4.60. The molecule has 0 amide bonds. The Labute approximate surface area is 130 Å². The molecule has 0 saturated heterocycles. The summed E-state index contributed by atoms with van der Waals surface area (Å²) in [6.45, 7) is 2.39. The van der Waals surface area contributed by atoms with Crippen molar-refractivity contribution in [2.45, 2.75) is 11.8 Å². The van der Waals surface area contributed by atoms with Gasteiger partial charge in [-0.15, -0.1) is 0 Å². The zero-order valence-electron chi connectivity index (χ0n) is 11.1. The van der Waals surface area contributed by atoms with Gasteiger partial charge in [-0.3, -0.25) is 4.72 Å². The van der Waals surface area contributed by atoms with Crippen LogP contribution < -0.4 is 10.0 Å². The predicted molar refractivity (Wildman–Crippen MR) is 83.3 cm³/mol. The second kappa shape index (κ2) is 6.40. The van der Waals surface area contributed by atoms with E-state index in [1.165, 1.54) is 36.5 Å². The van der Waals surface area contributed by atoms with E-state index in [4.69, 9.17) is 0 Å². The van der Waals surface area contributed by atoms with Crippen molar-refractivity contribution in [2.24, 2.45) is 0 Å². The van der Waals surface area contributed by atoms with E-state index in [9.17, 15) is 12.8 Å². The van der Waals surface area contributed by atoms with Crippen molar-refractivity contribution in [3.63, 3.8) is 0 Å². The summed E-state index contributed by atoms with van der Waals surface area (Å²) in [5.41, 5.74) is 0.259. The Hall–Kier alpha value is -1.67. The monoisotopic (exact) mass is 373 g/mol. The van der Waals surface area contributed by atoms with Crippen LogP contribution in [0.1, 0.15) is 6.92 Å². The summed E-state index contributed by atoms with van der Waals surface area (Å²) < 4.78 is 40.5. The molecule has 21 heavy (non-hydrogen) atoms. The lowest BCUT2D eigenvalue weighted by atomic mass is 10.3. The van der Waals surface area contributed by atoms with Gasteiger partial charge in [0, 0.05) is 12.7 Å². The Morgan fingerprint density at radius 1 is 1.33 bits per heavy atom. The number of rotatable bonds is 5. The minimum absolute atomic E-state index is 0.0345. The molecule has 2 rings (SSSR count). The van der Waals surface area contributed by atoms with Gasteiger partial charge in [0.05, 0.1) is 10.2 Å². The maximum absolute atomic E-state index is 13.2. The van der Waals surface area contributed by atoms with Crippen LogP contribution in [-0.2, 0) is 10.0 Å². The number of nitrogens with zero attached hydrogens (tertiary/aromatic N) is 1. The number of benzene rings is 1. The molecule has 8 heteroatoms. The summed E-state index contributed by atoms with van der Waals surface area (Å²) in [4.78, 5) is 4.04. The molecule has 0 aliphatic heterocycles. The van der Waals surface area contributed by atoms with Crippen LogP contribution in [0.3, 0.4) is 0 Å². The fourth-order valence-electron chi connectivity index (χ4n) is 1.68. The van der Waals surface area contributed by atoms with Crippen molar-refractivity contribution in [1.29, 1.82) is 0 Å². The number of halogens is 2. The Kier molecular flexibility index (Phi) is 4.79. The van der Waals surface area contributed by atoms with E-state index in [1.807, 2.05) is 6.92 Å². The Morgan fingerprint density at radius 2 is 2.10 bits per heavy atom. The highest BCUT2D eigenvalue weighted by Gasteiger charge is 2.19. The van der Waals surface area contributed by atoms with Gasteiger partial charge in [-0.2, -0.15) is 0 Å². The molecule has 0 fully saturated rings. The Balaban J connectivity index is 2.36. The zero-order chi connectivity index (χ0) is 15.5. The van der Waals surface area contributed by atoms with Gasteiger partial charge in [-0.1, -0.05) is 0 Å². The SMILES string of the molecule is CCNc1ncccc1S(=O)(=O)Nc1ccc(F)c(Br)c1. The van der Waals surface area contributed by atoms with Gasteiger partial charge in [0.1, 0.15) is 16.5 Å². The van der Waals surface area contributed by atoms with Crippen molar-refractivity contribution < 1.29 is 12.8 Å². The fraction of sp³-hybridized carbons (Fsp3) is 0.154. The van der Waals surface area contributed by atoms with E-state index in [1.54, 1.807) is 0 Å². The van der Waals surface area contributed by atoms with Gasteiger partial charge in [0.2, 0.25) is 0 Å². The number of pyridine rings is 1. The minimum atomic E-state index is -3.81. The van der Waals surface area contributed by atoms with Crippen molar-refractivity contribution in [3.8, 4) is 0 Å². The first-order valence-electron chi connectivity index (χ1n) is 6.11. The molecular formula is C13H13BrFN3O2S. The predicted octanol–water partition coefficient (Wildman–Crippen LogP) is 3.22. The molecule has 5 nitrogen and oxygen atoms in total. The van der Waals surface area contributed by atoms with Crippen LogP contribution in [0.5, 0.6) is 0 Å². The van der Waals surface area contributed by atoms with Gasteiger partial charge in [0.25, 0.3) is 10.0 Å². The summed E-state index contributed by atoms with van der Waals surface area (Å²) in [6.07, 6.45) is 1.51.